The minimum absolute atomic E-state index is 0.204. The molecule has 1 aliphatic heterocycles. The summed E-state index contributed by atoms with van der Waals surface area (Å²) in [7, 11) is 3.88. The first-order valence-electron chi connectivity index (χ1n) is 9.70. The Morgan fingerprint density at radius 2 is 2.26 bits per heavy atom. The zero-order chi connectivity index (χ0) is 19.9. The van der Waals surface area contributed by atoms with E-state index in [1.165, 1.54) is 4.88 Å². The molecule has 0 aromatic carbocycles. The lowest BCUT2D eigenvalue weighted by molar-refractivity contribution is 0.0168. The van der Waals surface area contributed by atoms with Gasteiger partial charge in [-0.25, -0.2) is 4.79 Å². The van der Waals surface area contributed by atoms with E-state index in [4.69, 9.17) is 4.74 Å². The maximum atomic E-state index is 12.3. The predicted molar refractivity (Wildman–Crippen MR) is 113 cm³/mol. The van der Waals surface area contributed by atoms with Crippen LogP contribution in [0.4, 0.5) is 4.79 Å². The Balaban J connectivity index is 1.78. The van der Waals surface area contributed by atoms with Crippen molar-refractivity contribution in [3.05, 3.63) is 22.4 Å². The lowest BCUT2D eigenvalue weighted by Gasteiger charge is -2.34. The van der Waals surface area contributed by atoms with Crippen LogP contribution >= 0.6 is 11.3 Å². The SMILES string of the molecule is CN=C(NCC1CCCN(C(=O)OC(C)(C)C)C1)N(C)CCc1cccs1. The minimum Gasteiger partial charge on any atom is -0.444 e. The fourth-order valence-corrected chi connectivity index (χ4v) is 3.88. The van der Waals surface area contributed by atoms with E-state index in [0.29, 0.717) is 5.92 Å². The lowest BCUT2D eigenvalue weighted by Crippen LogP contribution is -2.47. The highest BCUT2D eigenvalue weighted by Crippen LogP contribution is 2.19. The fraction of sp³-hybridized carbons (Fsp3) is 0.700. The van der Waals surface area contributed by atoms with Crippen molar-refractivity contribution < 1.29 is 9.53 Å². The molecule has 7 heteroatoms. The largest absolute Gasteiger partial charge is 0.444 e. The van der Waals surface area contributed by atoms with Crippen LogP contribution in [0.15, 0.2) is 22.5 Å². The van der Waals surface area contributed by atoms with E-state index in [2.05, 4.69) is 39.8 Å². The van der Waals surface area contributed by atoms with E-state index in [1.807, 2.05) is 32.7 Å². The smallest absolute Gasteiger partial charge is 0.410 e. The zero-order valence-corrected chi connectivity index (χ0v) is 18.1. The molecule has 1 unspecified atom stereocenters. The van der Waals surface area contributed by atoms with Gasteiger partial charge in [0, 0.05) is 45.2 Å². The van der Waals surface area contributed by atoms with Crippen LogP contribution in [0.25, 0.3) is 0 Å². The van der Waals surface area contributed by atoms with Crippen LogP contribution in [0.3, 0.4) is 0 Å². The molecule has 1 fully saturated rings. The molecule has 1 saturated heterocycles. The molecule has 1 aliphatic rings. The summed E-state index contributed by atoms with van der Waals surface area (Å²) in [5.41, 5.74) is -0.449. The van der Waals surface area contributed by atoms with Gasteiger partial charge in [0.15, 0.2) is 5.96 Å². The van der Waals surface area contributed by atoms with Crippen molar-refractivity contribution in [3.8, 4) is 0 Å². The van der Waals surface area contributed by atoms with E-state index in [1.54, 1.807) is 11.3 Å². The molecule has 1 aromatic rings. The average molecular weight is 395 g/mol. The van der Waals surface area contributed by atoms with E-state index in [0.717, 1.165) is 51.4 Å². The Labute approximate surface area is 167 Å². The maximum Gasteiger partial charge on any atom is 0.410 e. The molecular weight excluding hydrogens is 360 g/mol. The summed E-state index contributed by atoms with van der Waals surface area (Å²) in [5, 5.41) is 5.59. The van der Waals surface area contributed by atoms with Gasteiger partial charge in [0.05, 0.1) is 0 Å². The highest BCUT2D eigenvalue weighted by Gasteiger charge is 2.27. The second kappa shape index (κ2) is 9.97. The van der Waals surface area contributed by atoms with Crippen molar-refractivity contribution in [2.75, 3.05) is 40.3 Å². The Morgan fingerprint density at radius 3 is 2.89 bits per heavy atom. The first-order valence-corrected chi connectivity index (χ1v) is 10.6. The molecule has 152 valence electrons. The molecule has 2 rings (SSSR count). The number of likely N-dealkylation sites (N-methyl/N-ethyl adjacent to an activating group) is 1. The van der Waals surface area contributed by atoms with Crippen molar-refractivity contribution >= 4 is 23.4 Å². The van der Waals surface area contributed by atoms with Gasteiger partial charge in [0.25, 0.3) is 0 Å². The highest BCUT2D eigenvalue weighted by atomic mass is 32.1. The van der Waals surface area contributed by atoms with Gasteiger partial charge < -0.3 is 19.9 Å². The number of hydrogen-bond donors (Lipinski definition) is 1. The quantitative estimate of drug-likeness (QED) is 0.614. The first kappa shape index (κ1) is 21.5. The van der Waals surface area contributed by atoms with Gasteiger partial charge in [-0.1, -0.05) is 6.07 Å². The molecule has 1 atom stereocenters. The Hall–Kier alpha value is -1.76. The molecule has 6 nitrogen and oxygen atoms in total. The van der Waals surface area contributed by atoms with Gasteiger partial charge >= 0.3 is 6.09 Å². The molecule has 0 spiro atoms. The number of piperidine rings is 1. The summed E-state index contributed by atoms with van der Waals surface area (Å²) in [6.07, 6.45) is 2.94. The number of aliphatic imine (C=N–C) groups is 1. The molecule has 0 bridgehead atoms. The number of rotatable bonds is 5. The molecule has 2 heterocycles. The van der Waals surface area contributed by atoms with Crippen LogP contribution in [0, 0.1) is 5.92 Å². The van der Waals surface area contributed by atoms with Crippen LogP contribution in [-0.2, 0) is 11.2 Å². The minimum atomic E-state index is -0.449. The zero-order valence-electron chi connectivity index (χ0n) is 17.3. The maximum absolute atomic E-state index is 12.3. The van der Waals surface area contributed by atoms with Crippen molar-refractivity contribution in [1.29, 1.82) is 0 Å². The van der Waals surface area contributed by atoms with Crippen LogP contribution in [0.1, 0.15) is 38.5 Å². The number of guanidine groups is 1. The average Bonchev–Trinajstić information content (AvgIpc) is 3.13. The van der Waals surface area contributed by atoms with Crippen LogP contribution in [0.5, 0.6) is 0 Å². The normalized spacial score (nSPS) is 18.3. The van der Waals surface area contributed by atoms with Crippen molar-refractivity contribution in [3.63, 3.8) is 0 Å². The topological polar surface area (TPSA) is 57.2 Å². The Morgan fingerprint density at radius 1 is 1.48 bits per heavy atom. The molecule has 1 aromatic heterocycles. The summed E-state index contributed by atoms with van der Waals surface area (Å²) >= 11 is 1.79. The number of hydrogen-bond acceptors (Lipinski definition) is 4. The Bertz CT molecular complexity index is 610. The van der Waals surface area contributed by atoms with Crippen molar-refractivity contribution in [1.82, 2.24) is 15.1 Å². The molecule has 1 N–H and O–H groups in total. The van der Waals surface area contributed by atoms with Gasteiger partial charge in [-0.2, -0.15) is 0 Å². The van der Waals surface area contributed by atoms with Crippen molar-refractivity contribution in [2.45, 2.75) is 45.6 Å². The summed E-state index contributed by atoms with van der Waals surface area (Å²) in [5.74, 6) is 1.31. The number of nitrogens with zero attached hydrogens (tertiary/aromatic N) is 3. The number of nitrogens with one attached hydrogen (secondary N) is 1. The van der Waals surface area contributed by atoms with Gasteiger partial charge in [-0.15, -0.1) is 11.3 Å². The molecule has 1 amide bonds. The lowest BCUT2D eigenvalue weighted by atomic mass is 9.98. The van der Waals surface area contributed by atoms with Gasteiger partial charge in [-0.05, 0) is 57.4 Å². The van der Waals surface area contributed by atoms with E-state index < -0.39 is 5.60 Å². The second-order valence-electron chi connectivity index (χ2n) is 8.11. The molecule has 27 heavy (non-hydrogen) atoms. The third-order valence-corrected chi connectivity index (χ3v) is 5.50. The van der Waals surface area contributed by atoms with E-state index >= 15 is 0 Å². The standard InChI is InChI=1S/C20H34N4O2S/c1-20(2,3)26-19(25)24-11-6-8-16(15-24)14-22-18(21-4)23(5)12-10-17-9-7-13-27-17/h7,9,13,16H,6,8,10-12,14-15H2,1-5H3,(H,21,22). The third kappa shape index (κ3) is 7.40. The molecule has 0 saturated carbocycles. The second-order valence-corrected chi connectivity index (χ2v) is 9.15. The number of ether oxygens (including phenoxy) is 1. The highest BCUT2D eigenvalue weighted by molar-refractivity contribution is 7.09. The summed E-state index contributed by atoms with van der Waals surface area (Å²) in [4.78, 5) is 22.1. The van der Waals surface area contributed by atoms with E-state index in [-0.39, 0.29) is 6.09 Å². The predicted octanol–water partition coefficient (Wildman–Crippen LogP) is 3.44. The molecular formula is C20H34N4O2S. The Kier molecular flexibility index (Phi) is 7.95. The molecule has 0 radical (unpaired) electrons. The van der Waals surface area contributed by atoms with Crippen LogP contribution in [0.2, 0.25) is 0 Å². The first-order chi connectivity index (χ1) is 12.8. The number of amides is 1. The van der Waals surface area contributed by atoms with Gasteiger partial charge in [-0.3, -0.25) is 4.99 Å². The third-order valence-electron chi connectivity index (χ3n) is 4.57. The fourth-order valence-electron chi connectivity index (χ4n) is 3.18. The number of thiophene rings is 1. The number of likely N-dealkylation sites (tertiary alicyclic amines) is 1. The van der Waals surface area contributed by atoms with E-state index in [9.17, 15) is 4.79 Å². The van der Waals surface area contributed by atoms with Crippen LogP contribution < -0.4 is 5.32 Å². The monoisotopic (exact) mass is 394 g/mol. The number of carbonyl (C=O) groups is 1. The van der Waals surface area contributed by atoms with Crippen molar-refractivity contribution in [2.24, 2.45) is 10.9 Å². The number of carbonyl (C=O) groups excluding carboxylic acids is 1. The van der Waals surface area contributed by atoms with Gasteiger partial charge in [0.1, 0.15) is 5.60 Å². The summed E-state index contributed by atoms with van der Waals surface area (Å²) in [6.45, 7) is 8.97. The summed E-state index contributed by atoms with van der Waals surface area (Å²) in [6, 6.07) is 4.26. The van der Waals surface area contributed by atoms with Crippen LogP contribution in [-0.4, -0.2) is 67.7 Å². The molecule has 0 aliphatic carbocycles. The van der Waals surface area contributed by atoms with Gasteiger partial charge in [0.2, 0.25) is 0 Å². The summed E-state index contributed by atoms with van der Waals surface area (Å²) < 4.78 is 5.51.